The summed E-state index contributed by atoms with van der Waals surface area (Å²) in [5.74, 6) is 0.567. The molecular weight excluding hydrogens is 502 g/mol. The second-order valence-electron chi connectivity index (χ2n) is 9.04. The van der Waals surface area contributed by atoms with E-state index < -0.39 is 5.41 Å². The van der Waals surface area contributed by atoms with Crippen LogP contribution >= 0.6 is 23.4 Å². The van der Waals surface area contributed by atoms with Gasteiger partial charge in [0.1, 0.15) is 12.4 Å². The van der Waals surface area contributed by atoms with E-state index in [2.05, 4.69) is 24.3 Å². The lowest BCUT2D eigenvalue weighted by Gasteiger charge is -2.29. The summed E-state index contributed by atoms with van der Waals surface area (Å²) in [4.78, 5) is 14.8. The number of carbonyl (C=O) groups is 1. The molecule has 3 rings (SSSR count). The normalized spacial score (nSPS) is 12.4. The van der Waals surface area contributed by atoms with Crippen molar-refractivity contribution in [2.45, 2.75) is 68.8 Å². The highest BCUT2D eigenvalue weighted by molar-refractivity contribution is 7.99. The fourth-order valence-electron chi connectivity index (χ4n) is 4.41. The van der Waals surface area contributed by atoms with E-state index in [1.807, 2.05) is 61.5 Å². The van der Waals surface area contributed by atoms with E-state index in [4.69, 9.17) is 21.1 Å². The van der Waals surface area contributed by atoms with Gasteiger partial charge in [0.05, 0.1) is 24.5 Å². The third-order valence-corrected chi connectivity index (χ3v) is 7.60. The predicted octanol–water partition coefficient (Wildman–Crippen LogP) is 8.66. The second kappa shape index (κ2) is 14.7. The molecule has 3 aromatic rings. The minimum atomic E-state index is -0.741. The average molecular weight is 536 g/mol. The fourth-order valence-corrected chi connectivity index (χ4v) is 5.65. The Morgan fingerprint density at radius 3 is 2.49 bits per heavy atom. The second-order valence-corrected chi connectivity index (χ2v) is 10.6. The van der Waals surface area contributed by atoms with Crippen LogP contribution in [0.5, 0.6) is 5.75 Å². The molecule has 194 valence electrons. The van der Waals surface area contributed by atoms with E-state index >= 15 is 0 Å². The number of nitriles is 1. The van der Waals surface area contributed by atoms with Gasteiger partial charge >= 0.3 is 5.97 Å². The lowest BCUT2D eigenvalue weighted by molar-refractivity contribution is -0.156. The van der Waals surface area contributed by atoms with E-state index in [0.717, 1.165) is 45.9 Å². The van der Waals surface area contributed by atoms with Crippen LogP contribution < -0.4 is 4.74 Å². The molecule has 1 unspecified atom stereocenters. The molecule has 3 aromatic carbocycles. The number of ether oxygens (including phenoxy) is 2. The lowest BCUT2D eigenvalue weighted by Crippen LogP contribution is -2.33. The summed E-state index contributed by atoms with van der Waals surface area (Å²) in [6.45, 7) is 4.68. The van der Waals surface area contributed by atoms with Crippen LogP contribution in [0.1, 0.15) is 57.1 Å². The van der Waals surface area contributed by atoms with Crippen LogP contribution in [0.2, 0.25) is 5.02 Å². The molecule has 0 aliphatic carbocycles. The van der Waals surface area contributed by atoms with Crippen LogP contribution in [0.25, 0.3) is 0 Å². The Morgan fingerprint density at radius 1 is 1.00 bits per heavy atom. The third-order valence-electron chi connectivity index (χ3n) is 6.27. The zero-order valence-electron chi connectivity index (χ0n) is 21.5. The highest BCUT2D eigenvalue weighted by Crippen LogP contribution is 2.37. The molecule has 6 heteroatoms. The first-order valence-electron chi connectivity index (χ1n) is 12.8. The number of aryl methyl sites for hydroxylation is 1. The average Bonchev–Trinajstić information content (AvgIpc) is 2.90. The molecule has 0 heterocycles. The summed E-state index contributed by atoms with van der Waals surface area (Å²) in [6, 6.07) is 26.5. The smallest absolute Gasteiger partial charge is 0.313 e. The number of hydrogen-bond donors (Lipinski definition) is 0. The minimum absolute atomic E-state index is 0.178. The maximum absolute atomic E-state index is 12.7. The summed E-state index contributed by atoms with van der Waals surface area (Å²) in [7, 11) is 0. The van der Waals surface area contributed by atoms with Gasteiger partial charge in [0.2, 0.25) is 0 Å². The lowest BCUT2D eigenvalue weighted by atomic mass is 9.76. The molecule has 0 bridgehead atoms. The summed E-state index contributed by atoms with van der Waals surface area (Å²) in [5, 5.41) is 10.1. The van der Waals surface area contributed by atoms with E-state index in [-0.39, 0.29) is 12.4 Å². The topological polar surface area (TPSA) is 59.3 Å². The summed E-state index contributed by atoms with van der Waals surface area (Å²) < 4.78 is 11.3. The van der Waals surface area contributed by atoms with Crippen molar-refractivity contribution in [2.75, 3.05) is 6.61 Å². The van der Waals surface area contributed by atoms with Gasteiger partial charge in [-0.15, -0.1) is 0 Å². The number of hydrogen-bond acceptors (Lipinski definition) is 5. The first kappa shape index (κ1) is 28.6. The molecule has 4 nitrogen and oxygen atoms in total. The summed E-state index contributed by atoms with van der Waals surface area (Å²) >= 11 is 8.28. The van der Waals surface area contributed by atoms with Gasteiger partial charge in [0.15, 0.2) is 0 Å². The molecule has 0 N–H and O–H groups in total. The van der Waals surface area contributed by atoms with Crippen molar-refractivity contribution in [2.24, 2.45) is 5.41 Å². The summed E-state index contributed by atoms with van der Waals surface area (Å²) in [6.07, 6.45) is 3.76. The first-order valence-corrected chi connectivity index (χ1v) is 14.0. The number of nitrogens with zero attached hydrogens (tertiary/aromatic N) is 1. The maximum Gasteiger partial charge on any atom is 0.313 e. The van der Waals surface area contributed by atoms with Crippen molar-refractivity contribution >= 4 is 29.3 Å². The monoisotopic (exact) mass is 535 g/mol. The van der Waals surface area contributed by atoms with Crippen LogP contribution in [0.15, 0.2) is 82.6 Å². The van der Waals surface area contributed by atoms with Crippen molar-refractivity contribution < 1.29 is 14.3 Å². The molecule has 0 saturated carbocycles. The molecule has 0 fully saturated rings. The first-order chi connectivity index (χ1) is 18.0. The number of rotatable bonds is 14. The van der Waals surface area contributed by atoms with Crippen molar-refractivity contribution in [3.05, 3.63) is 88.9 Å². The predicted molar refractivity (Wildman–Crippen MR) is 150 cm³/mol. The van der Waals surface area contributed by atoms with Crippen LogP contribution in [-0.4, -0.2) is 12.6 Å². The van der Waals surface area contributed by atoms with Gasteiger partial charge < -0.3 is 9.47 Å². The van der Waals surface area contributed by atoms with Gasteiger partial charge in [0, 0.05) is 14.8 Å². The fraction of sp³-hybridized carbons (Fsp3) is 0.355. The molecule has 0 radical (unpaired) electrons. The molecule has 0 saturated heterocycles. The molecule has 1 atom stereocenters. The van der Waals surface area contributed by atoms with E-state index in [9.17, 15) is 10.1 Å². The van der Waals surface area contributed by atoms with Crippen LogP contribution in [-0.2, 0) is 22.6 Å². The van der Waals surface area contributed by atoms with Crippen LogP contribution in [0.4, 0.5) is 0 Å². The Bertz CT molecular complexity index is 1190. The third kappa shape index (κ3) is 8.55. The molecule has 0 spiro atoms. The highest BCUT2D eigenvalue weighted by atomic mass is 35.5. The van der Waals surface area contributed by atoms with Gasteiger partial charge in [-0.25, -0.2) is 0 Å². The zero-order valence-corrected chi connectivity index (χ0v) is 23.1. The van der Waals surface area contributed by atoms with Gasteiger partial charge in [0.25, 0.3) is 0 Å². The van der Waals surface area contributed by atoms with Crippen molar-refractivity contribution in [3.63, 3.8) is 0 Å². The quantitative estimate of drug-likeness (QED) is 0.193. The Labute approximate surface area is 229 Å². The Morgan fingerprint density at radius 2 is 1.78 bits per heavy atom. The highest BCUT2D eigenvalue weighted by Gasteiger charge is 2.38. The maximum atomic E-state index is 12.7. The van der Waals surface area contributed by atoms with Gasteiger partial charge in [-0.2, -0.15) is 5.26 Å². The Balaban J connectivity index is 1.60. The van der Waals surface area contributed by atoms with Gasteiger partial charge in [-0.05, 0) is 74.1 Å². The number of carbonyl (C=O) groups excluding carboxylic acids is 1. The van der Waals surface area contributed by atoms with E-state index in [0.29, 0.717) is 31.1 Å². The van der Waals surface area contributed by atoms with E-state index in [1.165, 1.54) is 0 Å². The SMILES string of the molecule is CCCC(CC#N)(CCCc1ccc(Sc2cccc(OCc3ccccc3)c2)cc1Cl)C(=O)OCC. The zero-order chi connectivity index (χ0) is 26.5. The molecule has 0 aliphatic heterocycles. The van der Waals surface area contributed by atoms with Gasteiger partial charge in [-0.3, -0.25) is 4.79 Å². The largest absolute Gasteiger partial charge is 0.489 e. The Kier molecular flexibility index (Phi) is 11.4. The standard InChI is InChI=1S/C31H34ClNO3S/c1-3-17-31(19-20-33,30(34)35-4-2)18-9-12-25-15-16-28(22-29(25)32)37-27-14-8-13-26(21-27)36-23-24-10-6-5-7-11-24/h5-8,10-11,13-16,21-22H,3-4,9,12,17-19,23H2,1-2H3. The van der Waals surface area contributed by atoms with E-state index in [1.54, 1.807) is 18.7 Å². The number of esters is 1. The number of benzene rings is 3. The van der Waals surface area contributed by atoms with Crippen molar-refractivity contribution in [1.29, 1.82) is 5.26 Å². The molecule has 0 aliphatic rings. The molecule has 0 aromatic heterocycles. The minimum Gasteiger partial charge on any atom is -0.489 e. The van der Waals surface area contributed by atoms with Crippen LogP contribution in [0.3, 0.4) is 0 Å². The summed E-state index contributed by atoms with van der Waals surface area (Å²) in [5.41, 5.74) is 1.43. The van der Waals surface area contributed by atoms with Gasteiger partial charge in [-0.1, -0.05) is 79.2 Å². The Hall–Kier alpha value is -2.94. The molecular formula is C31H34ClNO3S. The molecule has 0 amide bonds. The number of halogens is 1. The van der Waals surface area contributed by atoms with Crippen LogP contribution in [0, 0.1) is 16.7 Å². The molecule has 37 heavy (non-hydrogen) atoms. The van der Waals surface area contributed by atoms with Crippen molar-refractivity contribution in [1.82, 2.24) is 0 Å². The van der Waals surface area contributed by atoms with Crippen molar-refractivity contribution in [3.8, 4) is 11.8 Å².